The Morgan fingerprint density at radius 2 is 2.05 bits per heavy atom. The van der Waals surface area contributed by atoms with E-state index >= 15 is 0 Å². The van der Waals surface area contributed by atoms with Gasteiger partial charge in [-0.15, -0.1) is 0 Å². The molecule has 224 valence electrons. The van der Waals surface area contributed by atoms with Gasteiger partial charge in [-0.3, -0.25) is 9.59 Å². The van der Waals surface area contributed by atoms with Crippen LogP contribution in [-0.2, 0) is 26.2 Å². The summed E-state index contributed by atoms with van der Waals surface area (Å²) < 4.78 is 11.8. The van der Waals surface area contributed by atoms with E-state index in [1.165, 1.54) is 18.2 Å². The van der Waals surface area contributed by atoms with Crippen LogP contribution >= 0.6 is 11.6 Å². The summed E-state index contributed by atoms with van der Waals surface area (Å²) in [6.07, 6.45) is 9.15. The predicted octanol–water partition coefficient (Wildman–Crippen LogP) is 5.27. The van der Waals surface area contributed by atoms with E-state index in [-0.39, 0.29) is 23.7 Å². The van der Waals surface area contributed by atoms with Crippen LogP contribution in [0.3, 0.4) is 0 Å². The quantitative estimate of drug-likeness (QED) is 0.359. The van der Waals surface area contributed by atoms with Crippen molar-refractivity contribution in [3.8, 4) is 5.75 Å². The zero-order chi connectivity index (χ0) is 29.4. The molecular formula is C34H41ClN2O5. The molecule has 0 unspecified atom stereocenters. The van der Waals surface area contributed by atoms with E-state index in [1.807, 2.05) is 36.4 Å². The maximum absolute atomic E-state index is 13.2. The number of rotatable bonds is 1. The summed E-state index contributed by atoms with van der Waals surface area (Å²) in [6, 6.07) is 12.1. The summed E-state index contributed by atoms with van der Waals surface area (Å²) in [5.41, 5.74) is 4.06. The van der Waals surface area contributed by atoms with Gasteiger partial charge in [0, 0.05) is 43.5 Å². The molecule has 1 saturated carbocycles. The maximum Gasteiger partial charge on any atom is 0.313 e. The number of aryl methyl sites for hydroxylation is 1. The van der Waals surface area contributed by atoms with Gasteiger partial charge in [-0.25, -0.2) is 0 Å². The molecule has 0 saturated heterocycles. The minimum atomic E-state index is -0.714. The topological polar surface area (TPSA) is 79.3 Å². The van der Waals surface area contributed by atoms with E-state index in [2.05, 4.69) is 17.0 Å². The molecule has 2 heterocycles. The molecule has 1 fully saturated rings. The number of halogens is 1. The van der Waals surface area contributed by atoms with Crippen molar-refractivity contribution in [2.24, 2.45) is 11.8 Å². The third kappa shape index (κ3) is 5.53. The van der Waals surface area contributed by atoms with E-state index in [1.54, 1.807) is 11.9 Å². The Balaban J connectivity index is 1.44. The van der Waals surface area contributed by atoms with Crippen LogP contribution in [0.5, 0.6) is 5.75 Å². The van der Waals surface area contributed by atoms with Crippen molar-refractivity contribution in [1.29, 1.82) is 0 Å². The lowest BCUT2D eigenvalue weighted by Gasteiger charge is -2.45. The van der Waals surface area contributed by atoms with Gasteiger partial charge in [0.2, 0.25) is 5.91 Å². The van der Waals surface area contributed by atoms with Crippen molar-refractivity contribution in [1.82, 2.24) is 4.90 Å². The molecule has 2 aromatic carbocycles. The molecule has 0 aromatic heterocycles. The highest BCUT2D eigenvalue weighted by atomic mass is 35.5. The molecule has 2 aliphatic heterocycles. The molecule has 0 radical (unpaired) electrons. The number of ether oxygens (including phenoxy) is 2. The van der Waals surface area contributed by atoms with Crippen molar-refractivity contribution in [3.05, 3.63) is 70.3 Å². The van der Waals surface area contributed by atoms with Crippen molar-refractivity contribution >= 4 is 29.2 Å². The third-order valence-corrected chi connectivity index (χ3v) is 10.3. The average Bonchev–Trinajstić information content (AvgIpc) is 3.12. The number of hydrogen-bond acceptors (Lipinski definition) is 6. The van der Waals surface area contributed by atoms with Crippen molar-refractivity contribution < 1.29 is 24.2 Å². The van der Waals surface area contributed by atoms with Gasteiger partial charge in [0.1, 0.15) is 5.75 Å². The lowest BCUT2D eigenvalue weighted by molar-refractivity contribution is -0.145. The fourth-order valence-corrected chi connectivity index (χ4v) is 7.68. The first-order valence-electron chi connectivity index (χ1n) is 15.2. The summed E-state index contributed by atoms with van der Waals surface area (Å²) in [4.78, 5) is 30.3. The highest BCUT2D eigenvalue weighted by molar-refractivity contribution is 6.30. The average molecular weight is 593 g/mol. The Labute approximate surface area is 253 Å². The molecule has 6 rings (SSSR count). The predicted molar refractivity (Wildman–Crippen MR) is 163 cm³/mol. The van der Waals surface area contributed by atoms with Crippen LogP contribution in [0.25, 0.3) is 0 Å². The second-order valence-electron chi connectivity index (χ2n) is 12.6. The number of aliphatic hydroxyl groups excluding tert-OH is 1. The number of carbonyl (C=O) groups is 2. The zero-order valence-electron chi connectivity index (χ0n) is 24.6. The van der Waals surface area contributed by atoms with Crippen molar-refractivity contribution in [3.63, 3.8) is 0 Å². The van der Waals surface area contributed by atoms with Gasteiger partial charge in [-0.1, -0.05) is 35.9 Å². The van der Waals surface area contributed by atoms with E-state index in [9.17, 15) is 14.7 Å². The van der Waals surface area contributed by atoms with Gasteiger partial charge in [0.15, 0.2) is 0 Å². The normalized spacial score (nSPS) is 30.3. The second kappa shape index (κ2) is 11.9. The molecule has 2 aliphatic carbocycles. The Bertz CT molecular complexity index is 1380. The van der Waals surface area contributed by atoms with Gasteiger partial charge in [-0.05, 0) is 91.3 Å². The minimum absolute atomic E-state index is 0.0257. The van der Waals surface area contributed by atoms with Crippen molar-refractivity contribution in [2.45, 2.75) is 62.4 Å². The van der Waals surface area contributed by atoms with Crippen LogP contribution in [0.1, 0.15) is 61.1 Å². The molecule has 2 aromatic rings. The number of aliphatic hydroxyl groups is 1. The largest absolute Gasteiger partial charge is 0.490 e. The van der Waals surface area contributed by atoms with Crippen molar-refractivity contribution in [2.75, 3.05) is 45.3 Å². The molecule has 1 N–H and O–H groups in total. The fourth-order valence-electron chi connectivity index (χ4n) is 7.48. The minimum Gasteiger partial charge on any atom is -0.490 e. The Morgan fingerprint density at radius 1 is 1.19 bits per heavy atom. The number of anilines is 1. The summed E-state index contributed by atoms with van der Waals surface area (Å²) >= 11 is 6.41. The lowest BCUT2D eigenvalue weighted by atomic mass is 9.68. The third-order valence-electron chi connectivity index (χ3n) is 10.1. The number of carbonyl (C=O) groups excluding carboxylic acids is 2. The SMILES string of the molecule is COC(=O)[C@H]1CC(=O)N(C)CC/C=C/[C@H](O)[C@@H]2CC[C@H]2CN2C[C@@]3(CCCc4cc(Cl)ccc43)COc3ccc1cc32. The van der Waals surface area contributed by atoms with E-state index in [0.717, 1.165) is 67.2 Å². The van der Waals surface area contributed by atoms with Gasteiger partial charge >= 0.3 is 5.97 Å². The van der Waals surface area contributed by atoms with Crippen LogP contribution in [0, 0.1) is 11.8 Å². The molecule has 2 bridgehead atoms. The molecule has 4 aliphatic rings. The second-order valence-corrected chi connectivity index (χ2v) is 13.1. The number of methoxy groups -OCH3 is 1. The van der Waals surface area contributed by atoms with Gasteiger partial charge in [0.25, 0.3) is 0 Å². The number of amides is 1. The highest BCUT2D eigenvalue weighted by Crippen LogP contribution is 2.47. The highest BCUT2D eigenvalue weighted by Gasteiger charge is 2.44. The first-order chi connectivity index (χ1) is 20.3. The first kappa shape index (κ1) is 29.1. The monoisotopic (exact) mass is 592 g/mol. The summed E-state index contributed by atoms with van der Waals surface area (Å²) in [5, 5.41) is 11.9. The summed E-state index contributed by atoms with van der Waals surface area (Å²) in [5.74, 6) is 0.0361. The molecule has 1 spiro atoms. The maximum atomic E-state index is 13.2. The number of hydrogen-bond donors (Lipinski definition) is 1. The lowest BCUT2D eigenvalue weighted by Crippen LogP contribution is -2.49. The Hall–Kier alpha value is -3.03. The van der Waals surface area contributed by atoms with Gasteiger partial charge in [0.05, 0.1) is 31.4 Å². The molecular weight excluding hydrogens is 552 g/mol. The van der Waals surface area contributed by atoms with Crippen LogP contribution < -0.4 is 9.64 Å². The Morgan fingerprint density at radius 3 is 2.83 bits per heavy atom. The number of benzene rings is 2. The molecule has 7 nitrogen and oxygen atoms in total. The van der Waals surface area contributed by atoms with Crippen LogP contribution in [0.4, 0.5) is 5.69 Å². The summed E-state index contributed by atoms with van der Waals surface area (Å²) in [7, 11) is 3.13. The number of fused-ring (bicyclic) bond motifs is 4. The van der Waals surface area contributed by atoms with E-state index in [4.69, 9.17) is 21.1 Å². The van der Waals surface area contributed by atoms with Crippen LogP contribution in [-0.4, -0.2) is 68.4 Å². The number of nitrogens with zero attached hydrogens (tertiary/aromatic N) is 2. The molecule has 42 heavy (non-hydrogen) atoms. The molecule has 8 heteroatoms. The number of esters is 1. The Kier molecular flexibility index (Phi) is 8.25. The van der Waals surface area contributed by atoms with Crippen LogP contribution in [0.2, 0.25) is 5.02 Å². The summed E-state index contributed by atoms with van der Waals surface area (Å²) in [6.45, 7) is 2.61. The zero-order valence-corrected chi connectivity index (χ0v) is 25.3. The van der Waals surface area contributed by atoms with Gasteiger partial charge in [-0.2, -0.15) is 0 Å². The van der Waals surface area contributed by atoms with E-state index < -0.39 is 18.0 Å². The van der Waals surface area contributed by atoms with Gasteiger partial charge < -0.3 is 24.4 Å². The first-order valence-corrected chi connectivity index (χ1v) is 15.6. The molecule has 5 atom stereocenters. The molecule has 1 amide bonds. The van der Waals surface area contributed by atoms with E-state index in [0.29, 0.717) is 25.5 Å². The van der Waals surface area contributed by atoms with Crippen LogP contribution in [0.15, 0.2) is 48.6 Å². The smallest absolute Gasteiger partial charge is 0.313 e. The standard InChI is InChI=1S/C34H41ClN2O5/c1-36-15-4-3-7-30(38)26-11-8-24(26)19-37-20-34(14-5-6-23-16-25(35)10-12-28(23)34)21-42-31-13-9-22(17-29(31)37)27(18-32(36)39)33(40)41-2/h3,7,9-10,12-13,16-17,24,26-27,30,38H,4-6,8,11,14-15,18-21H2,1-2H3/b7-3+/t24-,26+,27-,30-,34-/m0/s1. The fraction of sp³-hybridized carbons (Fsp3) is 0.529.